The molecule has 0 unspecified atom stereocenters. The Labute approximate surface area is 239 Å². The maximum Gasteiger partial charge on any atom is 0.254 e. The van der Waals surface area contributed by atoms with Crippen LogP contribution in [0.25, 0.3) is 11.0 Å². The van der Waals surface area contributed by atoms with Gasteiger partial charge < -0.3 is 24.6 Å². The van der Waals surface area contributed by atoms with E-state index in [4.69, 9.17) is 9.47 Å². The summed E-state index contributed by atoms with van der Waals surface area (Å²) >= 11 is 0. The lowest BCUT2D eigenvalue weighted by Crippen LogP contribution is -2.52. The monoisotopic (exact) mass is 578 g/mol. The molecule has 0 spiro atoms. The molecule has 1 aliphatic heterocycles. The maximum atomic E-state index is 13.4. The standard InChI is InChI=1S/C29H34N6O5S/c1-5-40-27-23-13-14-35(41(37,38)19-21-9-7-6-8-10-21)26(23)31-29(32-27)30-24-12-11-22(17-25(24)39-4)28(36)34-16-15-33(3)18-20(34)2/h6-14,17,20H,5,15-16,18-19H2,1-4H3,(H,30,31,32)/t20-/m1/s1. The normalized spacial score (nSPS) is 16.1. The van der Waals surface area contributed by atoms with E-state index in [2.05, 4.69) is 20.2 Å². The first-order valence-electron chi connectivity index (χ1n) is 13.4. The fourth-order valence-corrected chi connectivity index (χ4v) is 6.40. The highest BCUT2D eigenvalue weighted by molar-refractivity contribution is 7.89. The summed E-state index contributed by atoms with van der Waals surface area (Å²) in [6.45, 7) is 6.48. The fourth-order valence-electron chi connectivity index (χ4n) is 5.00. The van der Waals surface area contributed by atoms with E-state index < -0.39 is 10.0 Å². The number of methoxy groups -OCH3 is 1. The molecule has 1 saturated heterocycles. The average Bonchev–Trinajstić information content (AvgIpc) is 3.39. The van der Waals surface area contributed by atoms with Gasteiger partial charge in [-0.25, -0.2) is 12.4 Å². The Morgan fingerprint density at radius 1 is 1.10 bits per heavy atom. The van der Waals surface area contributed by atoms with Gasteiger partial charge in [0.15, 0.2) is 5.65 Å². The number of carbonyl (C=O) groups excluding carboxylic acids is 1. The van der Waals surface area contributed by atoms with E-state index in [9.17, 15) is 13.2 Å². The third-order valence-electron chi connectivity index (χ3n) is 7.03. The Morgan fingerprint density at radius 2 is 1.88 bits per heavy atom. The quantitative estimate of drug-likeness (QED) is 0.317. The minimum atomic E-state index is -3.79. The first-order chi connectivity index (χ1) is 19.7. The Bertz CT molecular complexity index is 1660. The number of benzene rings is 2. The van der Waals surface area contributed by atoms with Gasteiger partial charge in [-0.3, -0.25) is 4.79 Å². The zero-order chi connectivity index (χ0) is 29.1. The summed E-state index contributed by atoms with van der Waals surface area (Å²) in [5.74, 6) is 0.549. The predicted octanol–water partition coefficient (Wildman–Crippen LogP) is 3.74. The number of nitrogens with one attached hydrogen (secondary N) is 1. The summed E-state index contributed by atoms with van der Waals surface area (Å²) in [6.07, 6.45) is 1.46. The molecule has 216 valence electrons. The summed E-state index contributed by atoms with van der Waals surface area (Å²) in [6, 6.07) is 15.8. The molecular formula is C29H34N6O5S. The summed E-state index contributed by atoms with van der Waals surface area (Å²) in [5.41, 5.74) is 1.88. The second kappa shape index (κ2) is 11.8. The molecule has 11 nitrogen and oxygen atoms in total. The number of carbonyl (C=O) groups is 1. The Hall–Kier alpha value is -4.16. The third-order valence-corrected chi connectivity index (χ3v) is 8.63. The first-order valence-corrected chi connectivity index (χ1v) is 15.0. The second-order valence-corrected chi connectivity index (χ2v) is 11.9. The highest BCUT2D eigenvalue weighted by Crippen LogP contribution is 2.32. The lowest BCUT2D eigenvalue weighted by Gasteiger charge is -2.38. The Morgan fingerprint density at radius 3 is 2.59 bits per heavy atom. The van der Waals surface area contributed by atoms with Crippen LogP contribution in [0, 0.1) is 0 Å². The van der Waals surface area contributed by atoms with E-state index in [-0.39, 0.29) is 35.2 Å². The van der Waals surface area contributed by atoms with Gasteiger partial charge in [-0.1, -0.05) is 30.3 Å². The number of amides is 1. The largest absolute Gasteiger partial charge is 0.495 e. The van der Waals surface area contributed by atoms with Crippen LogP contribution in [0.3, 0.4) is 0 Å². The number of nitrogens with zero attached hydrogens (tertiary/aromatic N) is 5. The third kappa shape index (κ3) is 5.98. The van der Waals surface area contributed by atoms with Gasteiger partial charge in [0.05, 0.1) is 30.5 Å². The van der Waals surface area contributed by atoms with E-state index in [0.717, 1.165) is 17.1 Å². The Kier molecular flexibility index (Phi) is 8.13. The van der Waals surface area contributed by atoms with Gasteiger partial charge in [-0.05, 0) is 50.7 Å². The van der Waals surface area contributed by atoms with Crippen LogP contribution in [0.2, 0.25) is 0 Å². The number of hydrogen-bond donors (Lipinski definition) is 1. The van der Waals surface area contributed by atoms with Gasteiger partial charge in [0, 0.05) is 37.4 Å². The molecule has 0 bridgehead atoms. The van der Waals surface area contributed by atoms with Crippen molar-refractivity contribution < 1.29 is 22.7 Å². The van der Waals surface area contributed by atoms with Gasteiger partial charge in [0.25, 0.3) is 5.91 Å². The van der Waals surface area contributed by atoms with Crippen molar-refractivity contribution in [3.63, 3.8) is 0 Å². The molecule has 1 fully saturated rings. The van der Waals surface area contributed by atoms with Crippen molar-refractivity contribution in [1.82, 2.24) is 23.7 Å². The number of fused-ring (bicyclic) bond motifs is 1. The van der Waals surface area contributed by atoms with E-state index in [1.807, 2.05) is 31.9 Å². The van der Waals surface area contributed by atoms with Crippen LogP contribution in [0.4, 0.5) is 11.6 Å². The van der Waals surface area contributed by atoms with E-state index >= 15 is 0 Å². The van der Waals surface area contributed by atoms with Crippen LogP contribution in [0.5, 0.6) is 11.6 Å². The van der Waals surface area contributed by atoms with Gasteiger partial charge in [0.1, 0.15) is 5.75 Å². The van der Waals surface area contributed by atoms with Crippen molar-refractivity contribution in [2.75, 3.05) is 45.7 Å². The number of hydrogen-bond acceptors (Lipinski definition) is 9. The maximum absolute atomic E-state index is 13.4. The van der Waals surface area contributed by atoms with Gasteiger partial charge in [-0.15, -0.1) is 0 Å². The molecule has 3 heterocycles. The molecule has 5 rings (SSSR count). The minimum absolute atomic E-state index is 0.0619. The minimum Gasteiger partial charge on any atom is -0.495 e. The summed E-state index contributed by atoms with van der Waals surface area (Å²) < 4.78 is 39.3. The first kappa shape index (κ1) is 28.4. The number of anilines is 2. The fraction of sp³-hybridized carbons (Fsp3) is 0.345. The zero-order valence-corrected chi connectivity index (χ0v) is 24.4. The van der Waals surface area contributed by atoms with E-state index in [0.29, 0.717) is 41.1 Å². The van der Waals surface area contributed by atoms with Crippen molar-refractivity contribution >= 4 is 38.6 Å². The second-order valence-electron chi connectivity index (χ2n) is 10.0. The zero-order valence-electron chi connectivity index (χ0n) is 23.6. The van der Waals surface area contributed by atoms with Crippen LogP contribution < -0.4 is 14.8 Å². The van der Waals surface area contributed by atoms with Crippen LogP contribution in [-0.4, -0.2) is 84.5 Å². The van der Waals surface area contributed by atoms with Gasteiger partial charge in [0.2, 0.25) is 21.9 Å². The molecule has 1 N–H and O–H groups in total. The summed E-state index contributed by atoms with van der Waals surface area (Å²) in [7, 11) is -0.224. The molecule has 2 aromatic heterocycles. The number of ether oxygens (including phenoxy) is 2. The van der Waals surface area contributed by atoms with Crippen molar-refractivity contribution in [3.05, 3.63) is 71.9 Å². The van der Waals surface area contributed by atoms with Gasteiger partial charge >= 0.3 is 0 Å². The predicted molar refractivity (Wildman–Crippen MR) is 157 cm³/mol. The topological polar surface area (TPSA) is 119 Å². The number of rotatable bonds is 9. The molecule has 0 aliphatic carbocycles. The molecule has 1 aliphatic rings. The van der Waals surface area contributed by atoms with Crippen LogP contribution in [0.1, 0.15) is 29.8 Å². The number of aromatic nitrogens is 3. The molecular weight excluding hydrogens is 544 g/mol. The average molecular weight is 579 g/mol. The van der Waals surface area contributed by atoms with Crippen molar-refractivity contribution in [1.29, 1.82) is 0 Å². The molecule has 1 atom stereocenters. The lowest BCUT2D eigenvalue weighted by atomic mass is 10.1. The van der Waals surface area contributed by atoms with Crippen molar-refractivity contribution in [2.24, 2.45) is 0 Å². The van der Waals surface area contributed by atoms with Crippen LogP contribution >= 0.6 is 0 Å². The van der Waals surface area contributed by atoms with Crippen LogP contribution in [-0.2, 0) is 15.8 Å². The Balaban J connectivity index is 1.47. The van der Waals surface area contributed by atoms with Crippen LogP contribution in [0.15, 0.2) is 60.8 Å². The highest BCUT2D eigenvalue weighted by Gasteiger charge is 2.27. The summed E-state index contributed by atoms with van der Waals surface area (Å²) in [5, 5.41) is 3.60. The van der Waals surface area contributed by atoms with Crippen molar-refractivity contribution in [2.45, 2.75) is 25.6 Å². The molecule has 0 radical (unpaired) electrons. The number of likely N-dealkylation sites (N-methyl/N-ethyl adjacent to an activating group) is 1. The van der Waals surface area contributed by atoms with Crippen molar-refractivity contribution in [3.8, 4) is 11.6 Å². The number of piperazine rings is 1. The molecule has 4 aromatic rings. The molecule has 0 saturated carbocycles. The van der Waals surface area contributed by atoms with Gasteiger partial charge in [-0.2, -0.15) is 9.97 Å². The highest BCUT2D eigenvalue weighted by atomic mass is 32.2. The smallest absolute Gasteiger partial charge is 0.254 e. The summed E-state index contributed by atoms with van der Waals surface area (Å²) in [4.78, 5) is 26.4. The molecule has 12 heteroatoms. The van der Waals surface area contributed by atoms with E-state index in [1.54, 1.807) is 48.5 Å². The molecule has 1 amide bonds. The molecule has 41 heavy (non-hydrogen) atoms. The van der Waals surface area contributed by atoms with E-state index in [1.165, 1.54) is 13.3 Å². The molecule has 2 aromatic carbocycles. The lowest BCUT2D eigenvalue weighted by molar-refractivity contribution is 0.0533. The SMILES string of the molecule is CCOc1nc(Nc2ccc(C(=O)N3CCN(C)C[C@H]3C)cc2OC)nc2c1ccn2S(=O)(=O)Cc1ccccc1.